The van der Waals surface area contributed by atoms with Crippen molar-refractivity contribution in [3.63, 3.8) is 0 Å². The Kier molecular flexibility index (Phi) is 7.92. The number of allylic oxidation sites excluding steroid dienone is 4. The highest BCUT2D eigenvalue weighted by Gasteiger charge is 2.43. The van der Waals surface area contributed by atoms with Crippen LogP contribution in [-0.4, -0.2) is 4.57 Å². The van der Waals surface area contributed by atoms with Gasteiger partial charge in [-0.25, -0.2) is 4.39 Å². The summed E-state index contributed by atoms with van der Waals surface area (Å²) in [6, 6.07) is 71.1. The predicted molar refractivity (Wildman–Crippen MR) is 267 cm³/mol. The van der Waals surface area contributed by atoms with Crippen LogP contribution >= 0.6 is 0 Å². The molecule has 0 bridgehead atoms. The van der Waals surface area contributed by atoms with Crippen molar-refractivity contribution in [3.8, 4) is 11.1 Å². The molecule has 0 N–H and O–H groups in total. The fraction of sp³-hybridized carbons (Fsp3) is 0.0333. The highest BCUT2D eigenvalue weighted by Crippen LogP contribution is 2.58. The van der Waals surface area contributed by atoms with Crippen LogP contribution in [0, 0.1) is 5.82 Å². The molecule has 1 aromatic heterocycles. The lowest BCUT2D eigenvalue weighted by molar-refractivity contribution is 0.628. The van der Waals surface area contributed by atoms with Crippen molar-refractivity contribution < 1.29 is 4.39 Å². The average molecular weight is 822 g/mol. The van der Waals surface area contributed by atoms with E-state index in [1.54, 1.807) is 12.1 Å². The minimum absolute atomic E-state index is 0.264. The van der Waals surface area contributed by atoms with Crippen LogP contribution in [0.15, 0.2) is 224 Å². The molecule has 0 saturated carbocycles. The lowest BCUT2D eigenvalue weighted by Gasteiger charge is -2.30. The Morgan fingerprint density at radius 2 is 0.938 bits per heavy atom. The Hall–Kier alpha value is -8.21. The minimum Gasteiger partial charge on any atom is -0.344 e. The molecule has 0 aliphatic heterocycles. The van der Waals surface area contributed by atoms with Gasteiger partial charge in [0.05, 0.1) is 11.1 Å². The lowest BCUT2D eigenvalue weighted by atomic mass is 9.79. The number of nitrogens with zero attached hydrogens (tertiary/aromatic N) is 3. The van der Waals surface area contributed by atoms with Crippen LogP contribution in [-0.2, 0) is 12.5 Å². The van der Waals surface area contributed by atoms with Gasteiger partial charge in [-0.2, -0.15) is 0 Å². The van der Waals surface area contributed by atoms with Crippen molar-refractivity contribution in [1.29, 1.82) is 0 Å². The normalized spacial score (nSPS) is 13.5. The summed E-state index contributed by atoms with van der Waals surface area (Å²) in [4.78, 5) is 4.72. The third-order valence-corrected chi connectivity index (χ3v) is 13.7. The molecular weight excluding hydrogens is 782 g/mol. The van der Waals surface area contributed by atoms with E-state index in [1.165, 1.54) is 65.5 Å². The number of halogens is 1. The number of anilines is 6. The molecule has 4 heteroatoms. The molecule has 0 fully saturated rings. The zero-order chi connectivity index (χ0) is 42.5. The van der Waals surface area contributed by atoms with E-state index in [0.29, 0.717) is 0 Å². The topological polar surface area (TPSA) is 11.4 Å². The summed E-state index contributed by atoms with van der Waals surface area (Å²) < 4.78 is 17.0. The third kappa shape index (κ3) is 5.39. The Labute approximate surface area is 370 Å². The zero-order valence-electron chi connectivity index (χ0n) is 35.1. The Bertz CT molecular complexity index is 3690. The van der Waals surface area contributed by atoms with E-state index in [-0.39, 0.29) is 5.82 Å². The van der Waals surface area contributed by atoms with Gasteiger partial charge in [0.1, 0.15) is 5.82 Å². The molecule has 3 nitrogen and oxygen atoms in total. The summed E-state index contributed by atoms with van der Waals surface area (Å²) in [5.41, 5.74) is 13.0. The van der Waals surface area contributed by atoms with Gasteiger partial charge in [0, 0.05) is 62.7 Å². The molecule has 11 aromatic rings. The van der Waals surface area contributed by atoms with Crippen LogP contribution in [0.25, 0.3) is 65.3 Å². The number of benzene rings is 10. The van der Waals surface area contributed by atoms with Crippen LogP contribution in [0.4, 0.5) is 38.5 Å². The van der Waals surface area contributed by atoms with Gasteiger partial charge in [-0.1, -0.05) is 133 Å². The van der Waals surface area contributed by atoms with E-state index in [4.69, 9.17) is 0 Å². The molecule has 1 spiro atoms. The van der Waals surface area contributed by atoms with Crippen molar-refractivity contribution in [3.05, 3.63) is 241 Å². The highest BCUT2D eigenvalue weighted by molar-refractivity contribution is 6.13. The van der Waals surface area contributed by atoms with Gasteiger partial charge in [-0.15, -0.1) is 0 Å². The quantitative estimate of drug-likeness (QED) is 0.166. The molecule has 0 radical (unpaired) electrons. The second kappa shape index (κ2) is 13.9. The number of para-hydroxylation sites is 1. The highest BCUT2D eigenvalue weighted by atomic mass is 19.1. The predicted octanol–water partition coefficient (Wildman–Crippen LogP) is 16.3. The smallest absolute Gasteiger partial charge is 0.123 e. The van der Waals surface area contributed by atoms with E-state index in [0.717, 1.165) is 45.0 Å². The Morgan fingerprint density at radius 1 is 0.406 bits per heavy atom. The van der Waals surface area contributed by atoms with Gasteiger partial charge < -0.3 is 14.4 Å². The van der Waals surface area contributed by atoms with Crippen molar-refractivity contribution in [2.24, 2.45) is 7.05 Å². The maximum atomic E-state index is 14.7. The summed E-state index contributed by atoms with van der Waals surface area (Å²) in [5, 5.41) is 9.49. The van der Waals surface area contributed by atoms with Crippen molar-refractivity contribution in [2.45, 2.75) is 5.41 Å². The van der Waals surface area contributed by atoms with Crippen LogP contribution in [0.1, 0.15) is 11.1 Å². The van der Waals surface area contributed by atoms with E-state index in [9.17, 15) is 4.39 Å². The molecule has 2 aliphatic rings. The summed E-state index contributed by atoms with van der Waals surface area (Å²) in [7, 11) is 2.13. The Morgan fingerprint density at radius 3 is 1.64 bits per heavy atom. The molecular formula is C60H40FN3. The molecule has 0 saturated heterocycles. The first kappa shape index (κ1) is 36.4. The summed E-state index contributed by atoms with van der Waals surface area (Å²) in [6.45, 7) is 0. The van der Waals surface area contributed by atoms with Crippen molar-refractivity contribution >= 4 is 88.2 Å². The summed E-state index contributed by atoms with van der Waals surface area (Å²) in [5.74, 6) is -0.264. The van der Waals surface area contributed by atoms with Crippen molar-refractivity contribution in [1.82, 2.24) is 4.57 Å². The van der Waals surface area contributed by atoms with Crippen LogP contribution in [0.5, 0.6) is 0 Å². The van der Waals surface area contributed by atoms with E-state index >= 15 is 0 Å². The fourth-order valence-corrected chi connectivity index (χ4v) is 10.8. The third-order valence-electron chi connectivity index (χ3n) is 13.7. The fourth-order valence-electron chi connectivity index (χ4n) is 10.8. The van der Waals surface area contributed by atoms with Gasteiger partial charge in [0.15, 0.2) is 0 Å². The monoisotopic (exact) mass is 821 g/mol. The largest absolute Gasteiger partial charge is 0.344 e. The first-order chi connectivity index (χ1) is 31.5. The van der Waals surface area contributed by atoms with Crippen LogP contribution in [0.2, 0.25) is 0 Å². The minimum atomic E-state index is -0.522. The van der Waals surface area contributed by atoms with Crippen LogP contribution in [0.3, 0.4) is 0 Å². The first-order valence-electron chi connectivity index (χ1n) is 21.9. The number of aryl methyl sites for hydroxylation is 1. The van der Waals surface area contributed by atoms with Crippen LogP contribution < -0.4 is 9.80 Å². The first-order valence-corrected chi connectivity index (χ1v) is 21.9. The molecule has 13 rings (SSSR count). The zero-order valence-corrected chi connectivity index (χ0v) is 35.1. The SMILES string of the molecule is Cn1c2ccccc2c2cc(N(c3ccc(F)cc3)c3cc4c(c5ccccc35)-c3ccc(N(c5ccc6ccccc6c5)c5ccc6ccccc6c5)cc3C43C=CC=C3)ccc21. The van der Waals surface area contributed by atoms with Gasteiger partial charge in [-0.05, 0) is 140 Å². The van der Waals surface area contributed by atoms with Gasteiger partial charge >= 0.3 is 0 Å². The molecule has 0 unspecified atom stereocenters. The maximum absolute atomic E-state index is 14.7. The maximum Gasteiger partial charge on any atom is 0.123 e. The average Bonchev–Trinajstić information content (AvgIpc) is 4.03. The van der Waals surface area contributed by atoms with E-state index < -0.39 is 5.41 Å². The van der Waals surface area contributed by atoms with Gasteiger partial charge in [-0.3, -0.25) is 0 Å². The van der Waals surface area contributed by atoms with Crippen molar-refractivity contribution in [2.75, 3.05) is 9.80 Å². The van der Waals surface area contributed by atoms with Gasteiger partial charge in [0.25, 0.3) is 0 Å². The molecule has 2 aliphatic carbocycles. The Balaban J connectivity index is 1.04. The second-order valence-electron chi connectivity index (χ2n) is 17.2. The molecule has 0 atom stereocenters. The number of rotatable bonds is 6. The second-order valence-corrected chi connectivity index (χ2v) is 17.2. The molecule has 0 amide bonds. The lowest BCUT2D eigenvalue weighted by Crippen LogP contribution is -2.19. The molecule has 64 heavy (non-hydrogen) atoms. The molecule has 302 valence electrons. The summed E-state index contributed by atoms with van der Waals surface area (Å²) in [6.07, 6.45) is 9.11. The number of aromatic nitrogens is 1. The number of hydrogen-bond donors (Lipinski definition) is 0. The molecule has 1 heterocycles. The summed E-state index contributed by atoms with van der Waals surface area (Å²) >= 11 is 0. The number of fused-ring (bicyclic) bond motifs is 12. The standard InChI is InChI=1S/C60H40FN3/c1-62-56-19-9-8-17-50(56)53-36-47(29-31-57(53)62)64(44-26-22-43(61)23-27-44)58-38-55-59(51-18-7-6-16-49(51)58)52-30-28-48(37-54(52)60(55)32-10-11-33-60)63(45-24-20-39-12-2-4-14-41(39)34-45)46-25-21-40-13-3-5-15-42(40)35-46/h2-38H,1H3. The molecule has 10 aromatic carbocycles. The van der Waals surface area contributed by atoms with E-state index in [2.05, 4.69) is 222 Å². The van der Waals surface area contributed by atoms with E-state index in [1.807, 2.05) is 12.1 Å². The number of hydrogen-bond acceptors (Lipinski definition) is 2. The van der Waals surface area contributed by atoms with Gasteiger partial charge in [0.2, 0.25) is 0 Å².